The van der Waals surface area contributed by atoms with E-state index in [-0.39, 0.29) is 12.2 Å². The summed E-state index contributed by atoms with van der Waals surface area (Å²) in [6.07, 6.45) is 0.152. The molecular weight excluding hydrogens is 457 g/mol. The zero-order valence-corrected chi connectivity index (χ0v) is 18.3. The molecule has 2 aromatic carbocycles. The van der Waals surface area contributed by atoms with Crippen LogP contribution < -0.4 is 16.0 Å². The Bertz CT molecular complexity index is 1320. The maximum Gasteiger partial charge on any atom is 0.325 e. The second-order valence-corrected chi connectivity index (χ2v) is 8.06. The van der Waals surface area contributed by atoms with Gasteiger partial charge in [0.25, 0.3) is 5.56 Å². The average Bonchev–Trinajstić information content (AvgIpc) is 3.15. The minimum Gasteiger partial charge on any atom is -0.497 e. The van der Waals surface area contributed by atoms with Gasteiger partial charge in [0.2, 0.25) is 0 Å². The zero-order chi connectivity index (χ0) is 22.7. The first-order valence-corrected chi connectivity index (χ1v) is 10.8. The van der Waals surface area contributed by atoms with E-state index in [1.807, 2.05) is 12.1 Å². The fraction of sp³-hybridized carbons (Fsp3) is 0.143. The molecule has 4 aromatic rings. The van der Waals surface area contributed by atoms with Crippen LogP contribution in [0.15, 0.2) is 63.3 Å². The maximum atomic E-state index is 14.2. The van der Waals surface area contributed by atoms with Gasteiger partial charge < -0.3 is 9.72 Å². The minimum atomic E-state index is -0.605. The first-order chi connectivity index (χ1) is 15.4. The predicted octanol–water partition coefficient (Wildman–Crippen LogP) is 3.33. The number of halogens is 2. The van der Waals surface area contributed by atoms with Gasteiger partial charge in [-0.1, -0.05) is 29.4 Å². The van der Waals surface area contributed by atoms with Crippen molar-refractivity contribution in [1.29, 1.82) is 0 Å². The number of rotatable bonds is 7. The number of nitrogens with one attached hydrogen (secondary N) is 2. The third-order valence-electron chi connectivity index (χ3n) is 4.60. The minimum absolute atomic E-state index is 0.152. The number of hydrogen-bond acceptors (Lipinski definition) is 6. The van der Waals surface area contributed by atoms with E-state index in [1.54, 1.807) is 35.9 Å². The fourth-order valence-corrected chi connectivity index (χ4v) is 4.41. The van der Waals surface area contributed by atoms with Crippen LogP contribution in [0.1, 0.15) is 17.1 Å². The molecule has 0 unspecified atom stereocenters. The summed E-state index contributed by atoms with van der Waals surface area (Å²) in [5.74, 6) is 0.997. The summed E-state index contributed by atoms with van der Waals surface area (Å²) < 4.78 is 21.2. The Labute approximate surface area is 190 Å². The SMILES string of the molecule is COc1ccc(-n2c(Cc3cc(=O)[nH]c(=O)[nH]3)nnc2SCc2c(F)cccc2Cl)cc1. The maximum absolute atomic E-state index is 14.2. The Kier molecular flexibility index (Phi) is 6.42. The molecule has 0 aliphatic heterocycles. The van der Waals surface area contributed by atoms with Crippen molar-refractivity contribution < 1.29 is 9.13 Å². The van der Waals surface area contributed by atoms with Crippen LogP contribution >= 0.6 is 23.4 Å². The Morgan fingerprint density at radius 3 is 2.59 bits per heavy atom. The lowest BCUT2D eigenvalue weighted by atomic mass is 10.2. The topological polar surface area (TPSA) is 106 Å². The highest BCUT2D eigenvalue weighted by Gasteiger charge is 2.17. The van der Waals surface area contributed by atoms with Crippen LogP contribution in [0.25, 0.3) is 5.69 Å². The Morgan fingerprint density at radius 1 is 1.12 bits per heavy atom. The number of benzene rings is 2. The molecule has 32 heavy (non-hydrogen) atoms. The Morgan fingerprint density at radius 2 is 1.91 bits per heavy atom. The first kappa shape index (κ1) is 21.8. The molecule has 2 N–H and O–H groups in total. The van der Waals surface area contributed by atoms with Gasteiger partial charge in [-0.15, -0.1) is 10.2 Å². The van der Waals surface area contributed by atoms with Gasteiger partial charge in [0.05, 0.1) is 7.11 Å². The second-order valence-electron chi connectivity index (χ2n) is 6.71. The molecule has 2 heterocycles. The van der Waals surface area contributed by atoms with E-state index in [4.69, 9.17) is 16.3 Å². The quantitative estimate of drug-likeness (QED) is 0.399. The summed E-state index contributed by atoms with van der Waals surface area (Å²) in [6.45, 7) is 0. The second kappa shape index (κ2) is 9.41. The van der Waals surface area contributed by atoms with Gasteiger partial charge in [0.15, 0.2) is 5.16 Å². The standard InChI is InChI=1S/C21H17ClFN5O3S/c1-31-14-7-5-13(6-8-14)28-18(9-12-10-19(29)25-20(30)24-12)26-27-21(28)32-11-15-16(22)3-2-4-17(15)23/h2-8,10H,9,11H2,1H3,(H2,24,25,29,30). The molecule has 0 radical (unpaired) electrons. The first-order valence-electron chi connectivity index (χ1n) is 9.41. The molecule has 0 saturated heterocycles. The zero-order valence-electron chi connectivity index (χ0n) is 16.8. The molecule has 8 nitrogen and oxygen atoms in total. The molecule has 4 rings (SSSR count). The highest BCUT2D eigenvalue weighted by atomic mass is 35.5. The molecule has 0 aliphatic rings. The van der Waals surface area contributed by atoms with Gasteiger partial charge in [-0.05, 0) is 36.4 Å². The Hall–Kier alpha value is -3.37. The molecule has 0 aliphatic carbocycles. The molecule has 164 valence electrons. The van der Waals surface area contributed by atoms with Crippen LogP contribution in [0, 0.1) is 5.82 Å². The summed E-state index contributed by atoms with van der Waals surface area (Å²) >= 11 is 7.42. The summed E-state index contributed by atoms with van der Waals surface area (Å²) in [6, 6.07) is 13.0. The predicted molar refractivity (Wildman–Crippen MR) is 119 cm³/mol. The van der Waals surface area contributed by atoms with Gasteiger partial charge in [-0.2, -0.15) is 0 Å². The van der Waals surface area contributed by atoms with E-state index in [2.05, 4.69) is 20.2 Å². The molecular formula is C21H17ClFN5O3S. The smallest absolute Gasteiger partial charge is 0.325 e. The van der Waals surface area contributed by atoms with Crippen LogP contribution in [0.4, 0.5) is 4.39 Å². The van der Waals surface area contributed by atoms with E-state index in [9.17, 15) is 14.0 Å². The van der Waals surface area contributed by atoms with Crippen molar-refractivity contribution in [3.8, 4) is 11.4 Å². The van der Waals surface area contributed by atoms with Gasteiger partial charge in [-0.3, -0.25) is 14.3 Å². The lowest BCUT2D eigenvalue weighted by molar-refractivity contribution is 0.414. The number of nitrogens with zero attached hydrogens (tertiary/aromatic N) is 3. The molecule has 0 bridgehead atoms. The van der Waals surface area contributed by atoms with Crippen molar-refractivity contribution in [2.24, 2.45) is 0 Å². The van der Waals surface area contributed by atoms with Crippen LogP contribution in [0.2, 0.25) is 5.02 Å². The molecule has 0 fully saturated rings. The van der Waals surface area contributed by atoms with E-state index in [0.29, 0.717) is 33.0 Å². The van der Waals surface area contributed by atoms with Crippen molar-refractivity contribution >= 4 is 23.4 Å². The summed E-state index contributed by atoms with van der Waals surface area (Å²) in [7, 11) is 1.57. The van der Waals surface area contributed by atoms with E-state index < -0.39 is 17.1 Å². The van der Waals surface area contributed by atoms with Crippen LogP contribution in [-0.4, -0.2) is 31.8 Å². The van der Waals surface area contributed by atoms with Crippen molar-refractivity contribution in [1.82, 2.24) is 24.7 Å². The molecule has 0 amide bonds. The van der Waals surface area contributed by atoms with Crippen molar-refractivity contribution in [3.63, 3.8) is 0 Å². The fourth-order valence-electron chi connectivity index (χ4n) is 3.09. The molecule has 0 spiro atoms. The molecule has 0 saturated carbocycles. The average molecular weight is 474 g/mol. The summed E-state index contributed by atoms with van der Waals surface area (Å²) in [4.78, 5) is 28.0. The lowest BCUT2D eigenvalue weighted by Gasteiger charge is -2.11. The number of ether oxygens (including phenoxy) is 1. The molecule has 0 atom stereocenters. The van der Waals surface area contributed by atoms with Gasteiger partial charge in [0.1, 0.15) is 17.4 Å². The highest BCUT2D eigenvalue weighted by molar-refractivity contribution is 7.98. The lowest BCUT2D eigenvalue weighted by Crippen LogP contribution is -2.23. The van der Waals surface area contributed by atoms with E-state index >= 15 is 0 Å². The number of H-pyrrole nitrogens is 2. The number of aromatic nitrogens is 5. The van der Waals surface area contributed by atoms with E-state index in [0.717, 1.165) is 5.69 Å². The number of thioether (sulfide) groups is 1. The van der Waals surface area contributed by atoms with Crippen molar-refractivity contribution in [2.75, 3.05) is 7.11 Å². The van der Waals surface area contributed by atoms with Crippen molar-refractivity contribution in [3.05, 3.63) is 97.3 Å². The normalized spacial score (nSPS) is 11.0. The highest BCUT2D eigenvalue weighted by Crippen LogP contribution is 2.30. The van der Waals surface area contributed by atoms with E-state index in [1.165, 1.54) is 23.9 Å². The van der Waals surface area contributed by atoms with Gasteiger partial charge in [0, 0.05) is 40.2 Å². The van der Waals surface area contributed by atoms with Crippen LogP contribution in [0.5, 0.6) is 5.75 Å². The molecule has 11 heteroatoms. The Balaban J connectivity index is 1.72. The molecule has 2 aromatic heterocycles. The summed E-state index contributed by atoms with van der Waals surface area (Å²) in [5.41, 5.74) is 0.369. The van der Waals surface area contributed by atoms with Gasteiger partial charge in [-0.25, -0.2) is 9.18 Å². The van der Waals surface area contributed by atoms with Crippen LogP contribution in [0.3, 0.4) is 0 Å². The summed E-state index contributed by atoms with van der Waals surface area (Å²) in [5, 5.41) is 9.32. The number of hydrogen-bond donors (Lipinski definition) is 2. The largest absolute Gasteiger partial charge is 0.497 e. The number of methoxy groups -OCH3 is 1. The third-order valence-corrected chi connectivity index (χ3v) is 5.91. The van der Waals surface area contributed by atoms with Gasteiger partial charge >= 0.3 is 5.69 Å². The monoisotopic (exact) mass is 473 g/mol. The number of aromatic amines is 2. The van der Waals surface area contributed by atoms with Crippen molar-refractivity contribution in [2.45, 2.75) is 17.3 Å². The van der Waals surface area contributed by atoms with Crippen LogP contribution in [-0.2, 0) is 12.2 Å². The third kappa shape index (κ3) is 4.76.